The fourth-order valence-electron chi connectivity index (χ4n) is 2.80. The molecular weight excluding hydrogens is 416 g/mol. The van der Waals surface area contributed by atoms with Gasteiger partial charge in [-0.3, -0.25) is 15.5 Å². The average molecular weight is 436 g/mol. The Bertz CT molecular complexity index is 1070. The molecule has 1 saturated heterocycles. The van der Waals surface area contributed by atoms with E-state index in [-0.39, 0.29) is 48.4 Å². The number of benzene rings is 2. The number of methoxy groups -OCH3 is 1. The molecule has 1 heterocycles. The molecule has 0 bridgehead atoms. The molecule has 11 nitrogen and oxygen atoms in total. The van der Waals surface area contributed by atoms with Crippen molar-refractivity contribution in [3.8, 4) is 11.5 Å². The van der Waals surface area contributed by atoms with E-state index in [1.54, 1.807) is 6.07 Å². The van der Waals surface area contributed by atoms with E-state index < -0.39 is 20.6 Å². The van der Waals surface area contributed by atoms with E-state index in [0.717, 1.165) is 6.07 Å². The van der Waals surface area contributed by atoms with E-state index in [1.807, 2.05) is 0 Å². The van der Waals surface area contributed by atoms with Crippen molar-refractivity contribution in [2.75, 3.05) is 38.8 Å². The van der Waals surface area contributed by atoms with Gasteiger partial charge in [-0.1, -0.05) is 0 Å². The number of sulfonamides is 1. The summed E-state index contributed by atoms with van der Waals surface area (Å²) in [5, 5.41) is 25.0. The number of morpholine rings is 1. The zero-order valence-electron chi connectivity index (χ0n) is 16.0. The van der Waals surface area contributed by atoms with E-state index in [0.29, 0.717) is 5.56 Å². The van der Waals surface area contributed by atoms with Crippen LogP contribution in [0, 0.1) is 10.1 Å². The van der Waals surface area contributed by atoms with Crippen molar-refractivity contribution in [1.29, 1.82) is 0 Å². The Balaban J connectivity index is 1.83. The smallest absolute Gasteiger partial charge is 0.295 e. The molecule has 2 aromatic rings. The predicted molar refractivity (Wildman–Crippen MR) is 109 cm³/mol. The second kappa shape index (κ2) is 9.07. The number of anilines is 1. The highest BCUT2D eigenvalue weighted by atomic mass is 32.2. The molecule has 160 valence electrons. The number of nitrogens with zero attached hydrogens (tertiary/aromatic N) is 3. The van der Waals surface area contributed by atoms with Crippen LogP contribution in [0.4, 0.5) is 11.4 Å². The number of phenols is 1. The van der Waals surface area contributed by atoms with Crippen LogP contribution in [0.3, 0.4) is 0 Å². The highest BCUT2D eigenvalue weighted by Gasteiger charge is 2.28. The van der Waals surface area contributed by atoms with Gasteiger partial charge in [0.05, 0.1) is 36.4 Å². The van der Waals surface area contributed by atoms with Crippen molar-refractivity contribution in [1.82, 2.24) is 4.31 Å². The maximum Gasteiger partial charge on any atom is 0.295 e. The van der Waals surface area contributed by atoms with Crippen molar-refractivity contribution in [3.63, 3.8) is 0 Å². The lowest BCUT2D eigenvalue weighted by Crippen LogP contribution is -2.40. The minimum absolute atomic E-state index is 0.0305. The topological polar surface area (TPSA) is 144 Å². The Morgan fingerprint density at radius 3 is 2.67 bits per heavy atom. The van der Waals surface area contributed by atoms with E-state index in [4.69, 9.17) is 9.47 Å². The van der Waals surface area contributed by atoms with Gasteiger partial charge in [-0.15, -0.1) is 0 Å². The molecule has 0 aromatic heterocycles. The number of hydrogen-bond donors (Lipinski definition) is 2. The minimum Gasteiger partial charge on any atom is -0.504 e. The summed E-state index contributed by atoms with van der Waals surface area (Å²) in [4.78, 5) is 10.6. The summed E-state index contributed by atoms with van der Waals surface area (Å²) < 4.78 is 36.8. The van der Waals surface area contributed by atoms with E-state index in [1.165, 1.54) is 41.9 Å². The summed E-state index contributed by atoms with van der Waals surface area (Å²) in [6, 6.07) is 8.13. The zero-order chi connectivity index (χ0) is 21.7. The van der Waals surface area contributed by atoms with Gasteiger partial charge in [0.15, 0.2) is 11.5 Å². The number of hydrogen-bond acceptors (Lipinski definition) is 9. The zero-order valence-corrected chi connectivity index (χ0v) is 16.8. The fourth-order valence-corrected chi connectivity index (χ4v) is 4.23. The van der Waals surface area contributed by atoms with Crippen LogP contribution in [0.25, 0.3) is 0 Å². The molecule has 2 aromatic carbocycles. The summed E-state index contributed by atoms with van der Waals surface area (Å²) in [5.74, 6) is 0.220. The summed E-state index contributed by atoms with van der Waals surface area (Å²) in [5.41, 5.74) is 2.73. The lowest BCUT2D eigenvalue weighted by Gasteiger charge is -2.26. The van der Waals surface area contributed by atoms with Gasteiger partial charge in [0, 0.05) is 19.2 Å². The van der Waals surface area contributed by atoms with Gasteiger partial charge >= 0.3 is 0 Å². The van der Waals surface area contributed by atoms with Gasteiger partial charge in [-0.2, -0.15) is 9.41 Å². The lowest BCUT2D eigenvalue weighted by molar-refractivity contribution is -0.384. The molecule has 0 radical (unpaired) electrons. The van der Waals surface area contributed by atoms with Gasteiger partial charge < -0.3 is 14.6 Å². The van der Waals surface area contributed by atoms with Crippen molar-refractivity contribution in [3.05, 3.63) is 52.1 Å². The van der Waals surface area contributed by atoms with Crippen LogP contribution in [0.1, 0.15) is 5.56 Å². The average Bonchev–Trinajstić information content (AvgIpc) is 2.75. The molecule has 1 aliphatic heterocycles. The van der Waals surface area contributed by atoms with Crippen LogP contribution < -0.4 is 10.2 Å². The largest absolute Gasteiger partial charge is 0.504 e. The SMILES string of the molecule is COc1cc(/C=N/Nc2ccc(S(=O)(=O)N3CCOCC3)cc2[N+](=O)[O-])ccc1O. The van der Waals surface area contributed by atoms with Crippen LogP contribution in [-0.2, 0) is 14.8 Å². The Labute approximate surface area is 172 Å². The van der Waals surface area contributed by atoms with E-state index in [2.05, 4.69) is 10.5 Å². The third kappa shape index (κ3) is 4.67. The monoisotopic (exact) mass is 436 g/mol. The lowest BCUT2D eigenvalue weighted by atomic mass is 10.2. The van der Waals surface area contributed by atoms with Crippen LogP contribution in [0.5, 0.6) is 11.5 Å². The van der Waals surface area contributed by atoms with Crippen molar-refractivity contribution in [2.45, 2.75) is 4.90 Å². The molecule has 0 spiro atoms. The maximum absolute atomic E-state index is 12.7. The Morgan fingerprint density at radius 1 is 1.27 bits per heavy atom. The molecule has 0 amide bonds. The summed E-state index contributed by atoms with van der Waals surface area (Å²) in [6.45, 7) is 0.933. The molecular formula is C18H20N4O7S. The van der Waals surface area contributed by atoms with Gasteiger partial charge in [0.1, 0.15) is 5.69 Å². The molecule has 1 aliphatic rings. The Kier molecular flexibility index (Phi) is 6.50. The molecule has 2 N–H and O–H groups in total. The third-order valence-electron chi connectivity index (χ3n) is 4.38. The summed E-state index contributed by atoms with van der Waals surface area (Å²) >= 11 is 0. The standard InChI is InChI=1S/C18H20N4O7S/c1-28-18-10-13(2-5-17(18)23)12-19-20-15-4-3-14(11-16(15)22(24)25)30(26,27)21-6-8-29-9-7-21/h2-5,10-12,20,23H,6-9H2,1H3/b19-12+. The number of rotatable bonds is 7. The first-order chi connectivity index (χ1) is 14.3. The van der Waals surface area contributed by atoms with Crippen molar-refractivity contribution >= 4 is 27.6 Å². The van der Waals surface area contributed by atoms with Crippen molar-refractivity contribution < 1.29 is 27.9 Å². The normalized spacial score (nSPS) is 15.2. The highest BCUT2D eigenvalue weighted by Crippen LogP contribution is 2.29. The number of hydrazone groups is 1. The Hall–Kier alpha value is -3.22. The maximum atomic E-state index is 12.7. The molecule has 0 atom stereocenters. The van der Waals surface area contributed by atoms with Crippen LogP contribution in [0.15, 0.2) is 46.4 Å². The first-order valence-electron chi connectivity index (χ1n) is 8.85. The molecule has 1 fully saturated rings. The van der Waals surface area contributed by atoms with Crippen molar-refractivity contribution in [2.24, 2.45) is 5.10 Å². The number of nitro groups is 1. The second-order valence-corrected chi connectivity index (χ2v) is 8.19. The first-order valence-corrected chi connectivity index (χ1v) is 10.3. The molecule has 0 aliphatic carbocycles. The van der Waals surface area contributed by atoms with Gasteiger partial charge in [-0.25, -0.2) is 8.42 Å². The predicted octanol–water partition coefficient (Wildman–Crippen LogP) is 1.78. The second-order valence-electron chi connectivity index (χ2n) is 6.25. The highest BCUT2D eigenvalue weighted by molar-refractivity contribution is 7.89. The molecule has 0 saturated carbocycles. The first kappa shape index (κ1) is 21.5. The van der Waals surface area contributed by atoms with E-state index >= 15 is 0 Å². The van der Waals surface area contributed by atoms with Crippen LogP contribution >= 0.6 is 0 Å². The molecule has 0 unspecified atom stereocenters. The van der Waals surface area contributed by atoms with Gasteiger partial charge in [-0.05, 0) is 35.9 Å². The minimum atomic E-state index is -3.86. The van der Waals surface area contributed by atoms with E-state index in [9.17, 15) is 23.6 Å². The quantitative estimate of drug-likeness (QED) is 0.380. The third-order valence-corrected chi connectivity index (χ3v) is 6.27. The molecule has 30 heavy (non-hydrogen) atoms. The number of ether oxygens (including phenoxy) is 2. The van der Waals surface area contributed by atoms with Crippen LogP contribution in [-0.4, -0.2) is 62.4 Å². The van der Waals surface area contributed by atoms with Crippen LogP contribution in [0.2, 0.25) is 0 Å². The van der Waals surface area contributed by atoms with Gasteiger partial charge in [0.2, 0.25) is 10.0 Å². The molecule has 12 heteroatoms. The van der Waals surface area contributed by atoms with Gasteiger partial charge in [0.25, 0.3) is 5.69 Å². The summed E-state index contributed by atoms with van der Waals surface area (Å²) in [7, 11) is -2.46. The molecule has 3 rings (SSSR count). The Morgan fingerprint density at radius 2 is 2.00 bits per heavy atom. The fraction of sp³-hybridized carbons (Fsp3) is 0.278. The number of nitro benzene ring substituents is 1. The number of nitrogens with one attached hydrogen (secondary N) is 1. The number of aromatic hydroxyl groups is 1. The number of phenolic OH excluding ortho intramolecular Hbond substituents is 1. The summed E-state index contributed by atoms with van der Waals surface area (Å²) in [6.07, 6.45) is 1.38.